The molecule has 1 aromatic rings. The third-order valence-corrected chi connectivity index (χ3v) is 5.66. The van der Waals surface area contributed by atoms with Crippen molar-refractivity contribution < 1.29 is 4.79 Å². The molecule has 1 heterocycles. The summed E-state index contributed by atoms with van der Waals surface area (Å²) in [5.41, 5.74) is 7.53. The molecule has 0 fully saturated rings. The maximum Gasteiger partial charge on any atom is 0.245 e. The van der Waals surface area contributed by atoms with Crippen molar-refractivity contribution in [1.29, 1.82) is 0 Å². The molecular weight excluding hydrogens is 312 g/mol. The van der Waals surface area contributed by atoms with E-state index in [0.717, 1.165) is 20.6 Å². The van der Waals surface area contributed by atoms with Crippen LogP contribution < -0.4 is 11.1 Å². The number of rotatable bonds is 3. The van der Waals surface area contributed by atoms with Gasteiger partial charge in [-0.05, 0) is 34.0 Å². The summed E-state index contributed by atoms with van der Waals surface area (Å²) < 4.78 is 1.01. The van der Waals surface area contributed by atoms with Crippen LogP contribution in [0, 0.1) is 5.92 Å². The van der Waals surface area contributed by atoms with Crippen LogP contribution in [0.1, 0.15) is 32.4 Å². The van der Waals surface area contributed by atoms with Gasteiger partial charge in [0.25, 0.3) is 0 Å². The van der Waals surface area contributed by atoms with Gasteiger partial charge in [0.2, 0.25) is 5.91 Å². The number of anilines is 1. The van der Waals surface area contributed by atoms with Gasteiger partial charge < -0.3 is 11.1 Å². The van der Waals surface area contributed by atoms with Crippen LogP contribution in [0.25, 0.3) is 0 Å². The first-order chi connectivity index (χ1) is 8.40. The van der Waals surface area contributed by atoms with E-state index >= 15 is 0 Å². The maximum atomic E-state index is 11.5. The number of carbonyl (C=O) groups excluding carboxylic acids is 1. The summed E-state index contributed by atoms with van der Waals surface area (Å²) in [6, 6.07) is 3.42. The van der Waals surface area contributed by atoms with Crippen molar-refractivity contribution in [1.82, 2.24) is 0 Å². The molecule has 18 heavy (non-hydrogen) atoms. The van der Waals surface area contributed by atoms with E-state index in [1.807, 2.05) is 23.9 Å². The molecule has 0 radical (unpaired) electrons. The number of benzene rings is 1. The number of amides is 1. The molecule has 98 valence electrons. The van der Waals surface area contributed by atoms with Crippen molar-refractivity contribution >= 4 is 39.3 Å². The van der Waals surface area contributed by atoms with Crippen LogP contribution in [-0.4, -0.2) is 11.2 Å². The number of fused-ring (bicyclic) bond motifs is 1. The van der Waals surface area contributed by atoms with Gasteiger partial charge in [-0.25, -0.2) is 0 Å². The molecule has 2 unspecified atom stereocenters. The zero-order chi connectivity index (χ0) is 13.4. The second-order valence-electron chi connectivity index (χ2n) is 4.90. The highest BCUT2D eigenvalue weighted by atomic mass is 79.9. The first-order valence-corrected chi connectivity index (χ1v) is 7.64. The Hall–Kier alpha value is -0.520. The lowest BCUT2D eigenvalue weighted by atomic mass is 10.1. The first kappa shape index (κ1) is 13.9. The Labute approximate surface area is 120 Å². The lowest BCUT2D eigenvalue weighted by Crippen LogP contribution is -2.19. The number of nitrogens with one attached hydrogen (secondary N) is 1. The summed E-state index contributed by atoms with van der Waals surface area (Å²) >= 11 is 5.37. The summed E-state index contributed by atoms with van der Waals surface area (Å²) in [5.74, 6) is 0.475. The van der Waals surface area contributed by atoms with E-state index in [1.165, 1.54) is 0 Å². The standard InChI is InChI=1S/C13H17BrN2OS/c1-6(2)7(3)18-11-5-10-8(4-9(11)14)12(15)13(17)16-10/h4-7,12H,15H2,1-3H3,(H,16,17). The lowest BCUT2D eigenvalue weighted by Gasteiger charge is -2.16. The van der Waals surface area contributed by atoms with Gasteiger partial charge in [-0.1, -0.05) is 20.8 Å². The maximum absolute atomic E-state index is 11.5. The second-order valence-corrected chi connectivity index (χ2v) is 7.18. The molecule has 1 aromatic carbocycles. The molecular formula is C13H17BrN2OS. The summed E-state index contributed by atoms with van der Waals surface area (Å²) in [4.78, 5) is 12.7. The molecule has 5 heteroatoms. The highest BCUT2D eigenvalue weighted by molar-refractivity contribution is 9.10. The van der Waals surface area contributed by atoms with E-state index in [4.69, 9.17) is 5.73 Å². The van der Waals surface area contributed by atoms with Crippen LogP contribution in [0.2, 0.25) is 0 Å². The van der Waals surface area contributed by atoms with Crippen molar-refractivity contribution in [2.75, 3.05) is 5.32 Å². The first-order valence-electron chi connectivity index (χ1n) is 5.96. The Morgan fingerprint density at radius 3 is 2.67 bits per heavy atom. The van der Waals surface area contributed by atoms with Gasteiger partial charge in [0.1, 0.15) is 6.04 Å². The average molecular weight is 329 g/mol. The van der Waals surface area contributed by atoms with E-state index in [-0.39, 0.29) is 5.91 Å². The van der Waals surface area contributed by atoms with E-state index in [9.17, 15) is 4.79 Å². The molecule has 0 spiro atoms. The Kier molecular flexibility index (Phi) is 4.04. The van der Waals surface area contributed by atoms with Crippen LogP contribution in [0.3, 0.4) is 0 Å². The van der Waals surface area contributed by atoms with Crippen molar-refractivity contribution in [3.05, 3.63) is 22.2 Å². The summed E-state index contributed by atoms with van der Waals surface area (Å²) in [6.07, 6.45) is 0. The minimum absolute atomic E-state index is 0.129. The topological polar surface area (TPSA) is 55.1 Å². The molecule has 2 rings (SSSR count). The molecule has 0 aromatic heterocycles. The highest BCUT2D eigenvalue weighted by Crippen LogP contribution is 2.40. The van der Waals surface area contributed by atoms with Gasteiger partial charge in [-0.15, -0.1) is 11.8 Å². The summed E-state index contributed by atoms with van der Waals surface area (Å²) in [5, 5.41) is 3.34. The third-order valence-electron chi connectivity index (χ3n) is 3.23. The van der Waals surface area contributed by atoms with Gasteiger partial charge in [0.05, 0.1) is 0 Å². The Morgan fingerprint density at radius 2 is 2.06 bits per heavy atom. The Morgan fingerprint density at radius 1 is 1.39 bits per heavy atom. The third kappa shape index (κ3) is 2.58. The number of nitrogens with two attached hydrogens (primary N) is 1. The molecule has 0 bridgehead atoms. The van der Waals surface area contributed by atoms with Crippen molar-refractivity contribution in [2.24, 2.45) is 11.7 Å². The number of halogens is 1. The minimum atomic E-state index is -0.544. The van der Waals surface area contributed by atoms with Crippen molar-refractivity contribution in [2.45, 2.75) is 37.0 Å². The smallest absolute Gasteiger partial charge is 0.245 e. The second kappa shape index (κ2) is 5.23. The Balaban J connectivity index is 2.30. The van der Waals surface area contributed by atoms with Crippen LogP contribution >= 0.6 is 27.7 Å². The minimum Gasteiger partial charge on any atom is -0.324 e. The van der Waals surface area contributed by atoms with Gasteiger partial charge in [0.15, 0.2) is 0 Å². The number of hydrogen-bond donors (Lipinski definition) is 2. The summed E-state index contributed by atoms with van der Waals surface area (Å²) in [6.45, 7) is 6.62. The van der Waals surface area contributed by atoms with E-state index in [0.29, 0.717) is 11.2 Å². The highest BCUT2D eigenvalue weighted by Gasteiger charge is 2.28. The van der Waals surface area contributed by atoms with Crippen LogP contribution in [0.15, 0.2) is 21.5 Å². The van der Waals surface area contributed by atoms with Crippen LogP contribution in [0.5, 0.6) is 0 Å². The zero-order valence-corrected chi connectivity index (χ0v) is 13.1. The van der Waals surface area contributed by atoms with E-state index in [2.05, 4.69) is 42.0 Å². The van der Waals surface area contributed by atoms with Gasteiger partial charge >= 0.3 is 0 Å². The van der Waals surface area contributed by atoms with Gasteiger partial charge in [-0.2, -0.15) is 0 Å². The predicted molar refractivity (Wildman–Crippen MR) is 79.9 cm³/mol. The SMILES string of the molecule is CC(C)C(C)Sc1cc2c(cc1Br)C(N)C(=O)N2. The molecule has 3 N–H and O–H groups in total. The predicted octanol–water partition coefficient (Wildman–Crippen LogP) is 3.54. The largest absolute Gasteiger partial charge is 0.324 e. The van der Waals surface area contributed by atoms with E-state index in [1.54, 1.807) is 0 Å². The van der Waals surface area contributed by atoms with Crippen molar-refractivity contribution in [3.8, 4) is 0 Å². The van der Waals surface area contributed by atoms with Crippen molar-refractivity contribution in [3.63, 3.8) is 0 Å². The molecule has 0 saturated carbocycles. The summed E-state index contributed by atoms with van der Waals surface area (Å²) in [7, 11) is 0. The van der Waals surface area contributed by atoms with Gasteiger partial charge in [0, 0.05) is 25.9 Å². The van der Waals surface area contributed by atoms with Crippen LogP contribution in [0.4, 0.5) is 5.69 Å². The fourth-order valence-corrected chi connectivity index (χ4v) is 3.38. The van der Waals surface area contributed by atoms with Crippen LogP contribution in [-0.2, 0) is 4.79 Å². The molecule has 1 aliphatic heterocycles. The lowest BCUT2D eigenvalue weighted by molar-refractivity contribution is -0.116. The van der Waals surface area contributed by atoms with E-state index < -0.39 is 6.04 Å². The fraction of sp³-hybridized carbons (Fsp3) is 0.462. The quantitative estimate of drug-likeness (QED) is 0.834. The number of carbonyl (C=O) groups is 1. The van der Waals surface area contributed by atoms with Gasteiger partial charge in [-0.3, -0.25) is 4.79 Å². The molecule has 0 saturated heterocycles. The molecule has 2 atom stereocenters. The normalized spacial score (nSPS) is 19.9. The molecule has 0 aliphatic carbocycles. The molecule has 1 amide bonds. The fourth-order valence-electron chi connectivity index (χ4n) is 1.71. The number of thioether (sulfide) groups is 1. The molecule has 1 aliphatic rings. The zero-order valence-electron chi connectivity index (χ0n) is 10.7. The Bertz CT molecular complexity index is 490. The monoisotopic (exact) mass is 328 g/mol. The average Bonchev–Trinajstić information content (AvgIpc) is 2.56. The number of hydrogen-bond acceptors (Lipinski definition) is 3. The molecule has 3 nitrogen and oxygen atoms in total.